The Bertz CT molecular complexity index is 834. The number of benzene rings is 2. The van der Waals surface area contributed by atoms with E-state index >= 15 is 0 Å². The summed E-state index contributed by atoms with van der Waals surface area (Å²) in [5, 5.41) is 4.31. The smallest absolute Gasteiger partial charge is 0.221 e. The van der Waals surface area contributed by atoms with Crippen LogP contribution in [0.4, 0.5) is 5.95 Å². The Hall–Kier alpha value is -3.08. The van der Waals surface area contributed by atoms with Gasteiger partial charge in [0.05, 0.1) is 25.2 Å². The first-order valence-corrected chi connectivity index (χ1v) is 7.26. The zero-order valence-corrected chi connectivity index (χ0v) is 13.1. The minimum atomic E-state index is 0.381. The highest BCUT2D eigenvalue weighted by Crippen LogP contribution is 2.23. The van der Waals surface area contributed by atoms with Crippen LogP contribution in [-0.4, -0.2) is 23.0 Å². The number of nitrogens with two attached hydrogens (primary N) is 1. The molecular weight excluding hydrogens is 288 g/mol. The summed E-state index contributed by atoms with van der Waals surface area (Å²) in [5.41, 5.74) is 9.83. The number of aryl methyl sites for hydroxylation is 1. The van der Waals surface area contributed by atoms with Crippen molar-refractivity contribution < 1.29 is 4.74 Å². The average Bonchev–Trinajstić information content (AvgIpc) is 2.91. The number of hydrogen-bond donors (Lipinski definition) is 1. The monoisotopic (exact) mass is 306 g/mol. The zero-order valence-electron chi connectivity index (χ0n) is 13.1. The number of hydrogen-bond acceptors (Lipinski definition) is 4. The lowest BCUT2D eigenvalue weighted by Gasteiger charge is -2.05. The molecule has 0 unspecified atom stereocenters. The summed E-state index contributed by atoms with van der Waals surface area (Å²) < 4.78 is 6.82. The quantitative estimate of drug-likeness (QED) is 0.752. The number of methoxy groups -OCH3 is 1. The molecule has 1 aromatic heterocycles. The molecule has 116 valence electrons. The highest BCUT2D eigenvalue weighted by Gasteiger charge is 2.01. The fourth-order valence-corrected chi connectivity index (χ4v) is 2.29. The van der Waals surface area contributed by atoms with Crippen molar-refractivity contribution >= 4 is 12.2 Å². The molecule has 1 heterocycles. The van der Waals surface area contributed by atoms with Gasteiger partial charge >= 0.3 is 0 Å². The number of anilines is 1. The minimum Gasteiger partial charge on any atom is -0.497 e. The van der Waals surface area contributed by atoms with Crippen molar-refractivity contribution in [3.05, 3.63) is 66.0 Å². The Labute approximate surface area is 135 Å². The van der Waals surface area contributed by atoms with Gasteiger partial charge in [0.25, 0.3) is 0 Å². The van der Waals surface area contributed by atoms with Crippen LogP contribution in [0.2, 0.25) is 0 Å². The Balaban J connectivity index is 1.80. The van der Waals surface area contributed by atoms with Crippen LogP contribution in [0.5, 0.6) is 5.75 Å². The van der Waals surface area contributed by atoms with Gasteiger partial charge in [-0.2, -0.15) is 5.10 Å². The van der Waals surface area contributed by atoms with Crippen molar-refractivity contribution in [3.8, 4) is 16.9 Å². The van der Waals surface area contributed by atoms with Crippen LogP contribution in [0, 0.1) is 6.92 Å². The predicted octanol–water partition coefficient (Wildman–Crippen LogP) is 3.33. The predicted molar refractivity (Wildman–Crippen MR) is 92.8 cm³/mol. The summed E-state index contributed by atoms with van der Waals surface area (Å²) in [7, 11) is 1.67. The number of rotatable bonds is 4. The van der Waals surface area contributed by atoms with Crippen molar-refractivity contribution in [2.75, 3.05) is 12.8 Å². The largest absolute Gasteiger partial charge is 0.497 e. The Morgan fingerprint density at radius 1 is 1.13 bits per heavy atom. The molecule has 0 spiro atoms. The van der Waals surface area contributed by atoms with Gasteiger partial charge < -0.3 is 10.5 Å². The van der Waals surface area contributed by atoms with Gasteiger partial charge in [0.1, 0.15) is 5.75 Å². The minimum absolute atomic E-state index is 0.381. The molecule has 3 aromatic rings. The topological polar surface area (TPSA) is 65.4 Å². The molecule has 0 atom stereocenters. The fraction of sp³-hybridized carbons (Fsp3) is 0.111. The van der Waals surface area contributed by atoms with Gasteiger partial charge in [-0.3, -0.25) is 0 Å². The van der Waals surface area contributed by atoms with E-state index in [-0.39, 0.29) is 0 Å². The molecule has 2 aromatic carbocycles. The molecule has 2 N–H and O–H groups in total. The van der Waals surface area contributed by atoms with Crippen molar-refractivity contribution in [1.82, 2.24) is 9.66 Å². The van der Waals surface area contributed by atoms with E-state index in [1.54, 1.807) is 24.2 Å². The second kappa shape index (κ2) is 6.36. The van der Waals surface area contributed by atoms with Gasteiger partial charge in [0, 0.05) is 0 Å². The average molecular weight is 306 g/mol. The lowest BCUT2D eigenvalue weighted by molar-refractivity contribution is 0.415. The fourth-order valence-electron chi connectivity index (χ4n) is 2.29. The normalized spacial score (nSPS) is 11.0. The van der Waals surface area contributed by atoms with E-state index in [9.17, 15) is 0 Å². The van der Waals surface area contributed by atoms with E-state index in [4.69, 9.17) is 10.5 Å². The molecule has 3 rings (SSSR count). The highest BCUT2D eigenvalue weighted by molar-refractivity contribution is 5.81. The third-order valence-corrected chi connectivity index (χ3v) is 3.48. The van der Waals surface area contributed by atoms with Crippen LogP contribution >= 0.6 is 0 Å². The Kier molecular flexibility index (Phi) is 4.10. The number of ether oxygens (including phenoxy) is 1. The van der Waals surface area contributed by atoms with Gasteiger partial charge in [0.15, 0.2) is 0 Å². The van der Waals surface area contributed by atoms with Crippen molar-refractivity contribution in [2.24, 2.45) is 5.10 Å². The molecule has 0 amide bonds. The standard InChI is InChI=1S/C18H18N4O/c1-13-12-22(18(19)21-13)20-11-14-6-8-15(9-7-14)16-4-3-5-17(10-16)23-2/h3-12H,1-2H3,(H2,19,21). The van der Waals surface area contributed by atoms with Crippen LogP contribution in [0.3, 0.4) is 0 Å². The maximum Gasteiger partial charge on any atom is 0.221 e. The van der Waals surface area contributed by atoms with Crippen molar-refractivity contribution in [3.63, 3.8) is 0 Å². The first kappa shape index (κ1) is 14.8. The van der Waals surface area contributed by atoms with E-state index in [0.29, 0.717) is 5.95 Å². The number of nitrogens with zero attached hydrogens (tertiary/aromatic N) is 3. The summed E-state index contributed by atoms with van der Waals surface area (Å²) in [6.45, 7) is 1.88. The molecule has 23 heavy (non-hydrogen) atoms. The maximum atomic E-state index is 5.76. The summed E-state index contributed by atoms with van der Waals surface area (Å²) >= 11 is 0. The third-order valence-electron chi connectivity index (χ3n) is 3.48. The lowest BCUT2D eigenvalue weighted by atomic mass is 10.0. The number of nitrogen functional groups attached to an aromatic ring is 1. The molecule has 0 bridgehead atoms. The van der Waals surface area contributed by atoms with Gasteiger partial charge in [-0.25, -0.2) is 9.66 Å². The molecule has 0 radical (unpaired) electrons. The molecule has 0 saturated heterocycles. The Morgan fingerprint density at radius 2 is 1.91 bits per heavy atom. The van der Waals surface area contributed by atoms with Crippen LogP contribution in [0.25, 0.3) is 11.1 Å². The van der Waals surface area contributed by atoms with E-state index < -0.39 is 0 Å². The van der Waals surface area contributed by atoms with E-state index in [1.807, 2.05) is 37.3 Å². The molecule has 0 aliphatic heterocycles. The summed E-state index contributed by atoms with van der Waals surface area (Å²) in [6.07, 6.45) is 3.54. The second-order valence-electron chi connectivity index (χ2n) is 5.18. The first-order chi connectivity index (χ1) is 11.2. The molecule has 5 nitrogen and oxygen atoms in total. The van der Waals surface area contributed by atoms with Crippen LogP contribution < -0.4 is 10.5 Å². The summed E-state index contributed by atoms with van der Waals surface area (Å²) in [4.78, 5) is 4.11. The van der Waals surface area contributed by atoms with E-state index in [1.165, 1.54) is 0 Å². The molecule has 0 aliphatic rings. The Morgan fingerprint density at radius 3 is 2.57 bits per heavy atom. The molecule has 5 heteroatoms. The van der Waals surface area contributed by atoms with Gasteiger partial charge in [-0.15, -0.1) is 0 Å². The SMILES string of the molecule is COc1cccc(-c2ccc(C=Nn3cc(C)nc3N)cc2)c1. The van der Waals surface area contributed by atoms with E-state index in [0.717, 1.165) is 28.1 Å². The van der Waals surface area contributed by atoms with E-state index in [2.05, 4.69) is 28.3 Å². The van der Waals surface area contributed by atoms with Crippen LogP contribution in [-0.2, 0) is 0 Å². The number of imidazole rings is 1. The second-order valence-corrected chi connectivity index (χ2v) is 5.18. The molecular formula is C18H18N4O. The molecule has 0 fully saturated rings. The maximum absolute atomic E-state index is 5.76. The van der Waals surface area contributed by atoms with Gasteiger partial charge in [-0.1, -0.05) is 36.4 Å². The first-order valence-electron chi connectivity index (χ1n) is 7.26. The third kappa shape index (κ3) is 3.40. The van der Waals surface area contributed by atoms with Crippen molar-refractivity contribution in [1.29, 1.82) is 0 Å². The highest BCUT2D eigenvalue weighted by atomic mass is 16.5. The van der Waals surface area contributed by atoms with Crippen molar-refractivity contribution in [2.45, 2.75) is 6.92 Å². The van der Waals surface area contributed by atoms with Gasteiger partial charge in [0.2, 0.25) is 5.95 Å². The zero-order chi connectivity index (χ0) is 16.2. The summed E-state index contributed by atoms with van der Waals surface area (Å²) in [5.74, 6) is 1.23. The lowest BCUT2D eigenvalue weighted by Crippen LogP contribution is -1.96. The summed E-state index contributed by atoms with van der Waals surface area (Å²) in [6, 6.07) is 16.1. The van der Waals surface area contributed by atoms with Gasteiger partial charge in [-0.05, 0) is 35.7 Å². The number of aromatic nitrogens is 2. The molecule has 0 aliphatic carbocycles. The molecule has 0 saturated carbocycles. The van der Waals surface area contributed by atoms with Crippen LogP contribution in [0.1, 0.15) is 11.3 Å². The van der Waals surface area contributed by atoms with Crippen LogP contribution in [0.15, 0.2) is 59.8 Å².